The number of nitrogens with one attached hydrogen (secondary N) is 1. The van der Waals surface area contributed by atoms with E-state index in [4.69, 9.17) is 4.42 Å². The minimum atomic E-state index is 0.665. The topological polar surface area (TPSA) is 54.2 Å². The number of aromatic nitrogens is 2. The van der Waals surface area contributed by atoms with Crippen LogP contribution in [-0.4, -0.2) is 29.3 Å². The van der Waals surface area contributed by atoms with Gasteiger partial charge in [-0.05, 0) is 37.5 Å². The standard InChI is InChI=1S/C16H30N4O/c1-12(2)7-9-20(10-8-13(3)4)16-19-18-15(21-16)11-17-14-5-6-14/h12-14,17H,5-11H2,1-4H3. The second kappa shape index (κ2) is 7.78. The van der Waals surface area contributed by atoms with Crippen molar-refractivity contribution in [2.24, 2.45) is 11.8 Å². The fraction of sp³-hybridized carbons (Fsp3) is 0.875. The maximum atomic E-state index is 5.83. The SMILES string of the molecule is CC(C)CCN(CCC(C)C)c1nnc(CNC2CC2)o1. The molecule has 0 amide bonds. The van der Waals surface area contributed by atoms with E-state index >= 15 is 0 Å². The number of hydrogen-bond acceptors (Lipinski definition) is 5. The van der Waals surface area contributed by atoms with Crippen LogP contribution in [0.1, 0.15) is 59.3 Å². The van der Waals surface area contributed by atoms with Gasteiger partial charge in [-0.25, -0.2) is 0 Å². The lowest BCUT2D eigenvalue weighted by Crippen LogP contribution is -2.27. The molecule has 1 aliphatic carbocycles. The van der Waals surface area contributed by atoms with Gasteiger partial charge in [0, 0.05) is 19.1 Å². The summed E-state index contributed by atoms with van der Waals surface area (Å²) in [4.78, 5) is 2.24. The van der Waals surface area contributed by atoms with Crippen molar-refractivity contribution >= 4 is 6.01 Å². The Kier molecular flexibility index (Phi) is 6.03. The fourth-order valence-electron chi connectivity index (χ4n) is 2.09. The molecule has 0 bridgehead atoms. The van der Waals surface area contributed by atoms with Crippen LogP contribution < -0.4 is 10.2 Å². The molecule has 0 unspecified atom stereocenters. The van der Waals surface area contributed by atoms with Gasteiger partial charge in [0.2, 0.25) is 5.89 Å². The molecule has 1 saturated carbocycles. The van der Waals surface area contributed by atoms with E-state index in [-0.39, 0.29) is 0 Å². The molecule has 0 atom stereocenters. The van der Waals surface area contributed by atoms with E-state index in [2.05, 4.69) is 48.1 Å². The Hall–Kier alpha value is -1.10. The van der Waals surface area contributed by atoms with Gasteiger partial charge in [0.05, 0.1) is 6.54 Å². The highest BCUT2D eigenvalue weighted by molar-refractivity contribution is 5.23. The fourth-order valence-corrected chi connectivity index (χ4v) is 2.09. The minimum Gasteiger partial charge on any atom is -0.407 e. The lowest BCUT2D eigenvalue weighted by atomic mass is 10.1. The van der Waals surface area contributed by atoms with Crippen molar-refractivity contribution in [3.8, 4) is 0 Å². The molecule has 1 heterocycles. The molecule has 5 nitrogen and oxygen atoms in total. The van der Waals surface area contributed by atoms with Gasteiger partial charge in [-0.2, -0.15) is 0 Å². The van der Waals surface area contributed by atoms with Crippen LogP contribution in [0, 0.1) is 11.8 Å². The summed E-state index contributed by atoms with van der Waals surface area (Å²) >= 11 is 0. The quantitative estimate of drug-likeness (QED) is 0.718. The normalized spacial score (nSPS) is 15.1. The molecule has 0 radical (unpaired) electrons. The lowest BCUT2D eigenvalue weighted by molar-refractivity contribution is 0.444. The molecule has 0 aromatic carbocycles. The number of anilines is 1. The van der Waals surface area contributed by atoms with E-state index in [9.17, 15) is 0 Å². The monoisotopic (exact) mass is 294 g/mol. The zero-order valence-corrected chi connectivity index (χ0v) is 13.9. The molecule has 21 heavy (non-hydrogen) atoms. The first-order chi connectivity index (χ1) is 10.0. The van der Waals surface area contributed by atoms with Crippen molar-refractivity contribution in [2.45, 2.75) is 66.0 Å². The van der Waals surface area contributed by atoms with E-state index in [0.717, 1.165) is 25.9 Å². The maximum Gasteiger partial charge on any atom is 0.318 e. The van der Waals surface area contributed by atoms with Crippen molar-refractivity contribution in [3.63, 3.8) is 0 Å². The summed E-state index contributed by atoms with van der Waals surface area (Å²) in [7, 11) is 0. The summed E-state index contributed by atoms with van der Waals surface area (Å²) in [6.07, 6.45) is 4.85. The Morgan fingerprint density at radius 3 is 2.24 bits per heavy atom. The Morgan fingerprint density at radius 1 is 1.10 bits per heavy atom. The van der Waals surface area contributed by atoms with Gasteiger partial charge in [-0.1, -0.05) is 32.8 Å². The van der Waals surface area contributed by atoms with Crippen LogP contribution >= 0.6 is 0 Å². The molecule has 1 fully saturated rings. The maximum absolute atomic E-state index is 5.83. The van der Waals surface area contributed by atoms with Crippen LogP contribution in [0.25, 0.3) is 0 Å². The van der Waals surface area contributed by atoms with Crippen molar-refractivity contribution in [2.75, 3.05) is 18.0 Å². The average molecular weight is 294 g/mol. The molecule has 0 spiro atoms. The second-order valence-corrected chi connectivity index (χ2v) is 6.99. The van der Waals surface area contributed by atoms with Crippen LogP contribution in [0.15, 0.2) is 4.42 Å². The first-order valence-corrected chi connectivity index (χ1v) is 8.35. The molecule has 1 aromatic heterocycles. The predicted molar refractivity (Wildman–Crippen MR) is 85.3 cm³/mol. The highest BCUT2D eigenvalue weighted by Crippen LogP contribution is 2.20. The van der Waals surface area contributed by atoms with Crippen molar-refractivity contribution in [1.82, 2.24) is 15.5 Å². The van der Waals surface area contributed by atoms with Crippen molar-refractivity contribution < 1.29 is 4.42 Å². The highest BCUT2D eigenvalue weighted by Gasteiger charge is 2.22. The summed E-state index contributed by atoms with van der Waals surface area (Å²) in [5.41, 5.74) is 0. The summed E-state index contributed by atoms with van der Waals surface area (Å²) in [5.74, 6) is 2.08. The zero-order valence-electron chi connectivity index (χ0n) is 13.9. The van der Waals surface area contributed by atoms with Gasteiger partial charge in [-0.3, -0.25) is 0 Å². The average Bonchev–Trinajstić information content (AvgIpc) is 3.14. The number of nitrogens with zero attached hydrogens (tertiary/aromatic N) is 3. The molecule has 5 heteroatoms. The van der Waals surface area contributed by atoms with Crippen LogP contribution in [-0.2, 0) is 6.54 Å². The predicted octanol–water partition coefficient (Wildman–Crippen LogP) is 3.22. The zero-order chi connectivity index (χ0) is 15.2. The van der Waals surface area contributed by atoms with Gasteiger partial charge < -0.3 is 14.6 Å². The molecule has 1 aromatic rings. The second-order valence-electron chi connectivity index (χ2n) is 6.99. The van der Waals surface area contributed by atoms with Crippen LogP contribution in [0.4, 0.5) is 6.01 Å². The molecule has 0 aliphatic heterocycles. The van der Waals surface area contributed by atoms with Gasteiger partial charge in [0.25, 0.3) is 0 Å². The third-order valence-electron chi connectivity index (χ3n) is 3.80. The molecular weight excluding hydrogens is 264 g/mol. The van der Waals surface area contributed by atoms with Gasteiger partial charge in [0.1, 0.15) is 0 Å². The summed E-state index contributed by atoms with van der Waals surface area (Å²) < 4.78 is 5.83. The van der Waals surface area contributed by atoms with E-state index in [1.807, 2.05) is 0 Å². The van der Waals surface area contributed by atoms with E-state index < -0.39 is 0 Å². The molecule has 0 saturated heterocycles. The smallest absolute Gasteiger partial charge is 0.318 e. The molecule has 1 aliphatic rings. The number of rotatable bonds is 10. The van der Waals surface area contributed by atoms with E-state index in [1.54, 1.807) is 0 Å². The molecule has 1 N–H and O–H groups in total. The third kappa shape index (κ3) is 6.04. The number of hydrogen-bond donors (Lipinski definition) is 1. The lowest BCUT2D eigenvalue weighted by Gasteiger charge is -2.22. The molecule has 120 valence electrons. The van der Waals surface area contributed by atoms with Gasteiger partial charge in [0.15, 0.2) is 0 Å². The molecular formula is C16H30N4O. The van der Waals surface area contributed by atoms with Crippen molar-refractivity contribution in [1.29, 1.82) is 0 Å². The Balaban J connectivity index is 1.89. The van der Waals surface area contributed by atoms with Crippen LogP contribution in [0.3, 0.4) is 0 Å². The minimum absolute atomic E-state index is 0.665. The Morgan fingerprint density at radius 2 is 1.71 bits per heavy atom. The van der Waals surface area contributed by atoms with Crippen LogP contribution in [0.5, 0.6) is 0 Å². The third-order valence-corrected chi connectivity index (χ3v) is 3.80. The molecule has 2 rings (SSSR count). The largest absolute Gasteiger partial charge is 0.407 e. The first-order valence-electron chi connectivity index (χ1n) is 8.35. The van der Waals surface area contributed by atoms with Gasteiger partial charge in [-0.15, -0.1) is 5.10 Å². The highest BCUT2D eigenvalue weighted by atomic mass is 16.4. The Labute approximate surface area is 128 Å². The Bertz CT molecular complexity index is 400. The van der Waals surface area contributed by atoms with Crippen LogP contribution in [0.2, 0.25) is 0 Å². The summed E-state index contributed by atoms with van der Waals surface area (Å²) in [6, 6.07) is 1.35. The van der Waals surface area contributed by atoms with Crippen molar-refractivity contribution in [3.05, 3.63) is 5.89 Å². The first kappa shape index (κ1) is 16.3. The summed E-state index contributed by atoms with van der Waals surface area (Å²) in [6.45, 7) is 11.7. The van der Waals surface area contributed by atoms with Gasteiger partial charge >= 0.3 is 6.01 Å². The van der Waals surface area contributed by atoms with E-state index in [1.165, 1.54) is 12.8 Å². The van der Waals surface area contributed by atoms with E-state index in [0.29, 0.717) is 36.3 Å². The summed E-state index contributed by atoms with van der Waals surface area (Å²) in [5, 5.41) is 11.8.